The van der Waals surface area contributed by atoms with Crippen LogP contribution in [0.3, 0.4) is 0 Å². The average molecular weight is 407 g/mol. The van der Waals surface area contributed by atoms with E-state index in [2.05, 4.69) is 0 Å². The molecule has 3 heterocycles. The van der Waals surface area contributed by atoms with E-state index >= 15 is 0 Å². The van der Waals surface area contributed by atoms with Crippen molar-refractivity contribution >= 4 is 23.4 Å². The van der Waals surface area contributed by atoms with Crippen LogP contribution in [0, 0.1) is 29.1 Å². The van der Waals surface area contributed by atoms with Gasteiger partial charge in [-0.25, -0.2) is 4.90 Å². The first kappa shape index (κ1) is 19.4. The van der Waals surface area contributed by atoms with E-state index in [0.29, 0.717) is 11.0 Å². The zero-order valence-corrected chi connectivity index (χ0v) is 15.4. The van der Waals surface area contributed by atoms with Gasteiger partial charge in [0.15, 0.2) is 0 Å². The Morgan fingerprint density at radius 1 is 1.28 bits per heavy atom. The summed E-state index contributed by atoms with van der Waals surface area (Å²) in [5.41, 5.74) is 0.890. The predicted octanol–water partition coefficient (Wildman–Crippen LogP) is 1.74. The van der Waals surface area contributed by atoms with E-state index in [9.17, 15) is 27.6 Å². The zero-order chi connectivity index (χ0) is 21.5. The maximum atomic E-state index is 13.3. The van der Waals surface area contributed by atoms with Gasteiger partial charge in [0.05, 0.1) is 51.8 Å². The number of imide groups is 1. The van der Waals surface area contributed by atoms with Crippen molar-refractivity contribution in [1.82, 2.24) is 0 Å². The highest BCUT2D eigenvalue weighted by atomic mass is 19.4. The lowest BCUT2D eigenvalue weighted by molar-refractivity contribution is -0.138. The number of amides is 3. The summed E-state index contributed by atoms with van der Waals surface area (Å²) in [6.45, 7) is 3.14. The van der Waals surface area contributed by atoms with Crippen LogP contribution >= 0.6 is 0 Å². The molecule has 0 aliphatic carbocycles. The van der Waals surface area contributed by atoms with Crippen molar-refractivity contribution in [3.63, 3.8) is 0 Å². The Morgan fingerprint density at radius 3 is 2.45 bits per heavy atom. The van der Waals surface area contributed by atoms with Crippen LogP contribution in [0.4, 0.5) is 18.9 Å². The summed E-state index contributed by atoms with van der Waals surface area (Å²) in [4.78, 5) is 38.8. The molecular weight excluding hydrogens is 391 g/mol. The summed E-state index contributed by atoms with van der Waals surface area (Å²) >= 11 is 0. The van der Waals surface area contributed by atoms with Gasteiger partial charge in [0.25, 0.3) is 0 Å². The number of anilines is 1. The van der Waals surface area contributed by atoms with E-state index in [1.54, 1.807) is 6.92 Å². The first-order chi connectivity index (χ1) is 13.3. The van der Waals surface area contributed by atoms with Gasteiger partial charge in [-0.05, 0) is 38.5 Å². The van der Waals surface area contributed by atoms with Crippen molar-refractivity contribution in [2.45, 2.75) is 37.6 Å². The first-order valence-electron chi connectivity index (χ1n) is 8.84. The van der Waals surface area contributed by atoms with E-state index in [1.165, 1.54) is 13.0 Å². The van der Waals surface area contributed by atoms with Crippen LogP contribution in [0.1, 0.15) is 31.4 Å². The molecule has 0 saturated carbocycles. The molecule has 1 aromatic carbocycles. The molecule has 29 heavy (non-hydrogen) atoms. The fourth-order valence-corrected chi connectivity index (χ4v) is 5.20. The Labute approximate surface area is 163 Å². The summed E-state index contributed by atoms with van der Waals surface area (Å²) < 4.78 is 45.9. The monoisotopic (exact) mass is 407 g/mol. The van der Waals surface area contributed by atoms with Crippen LogP contribution in [0.15, 0.2) is 18.2 Å². The fourth-order valence-electron chi connectivity index (χ4n) is 5.20. The molecule has 0 spiro atoms. The number of nitrogens with zero attached hydrogens (tertiary/aromatic N) is 2. The lowest BCUT2D eigenvalue weighted by Gasteiger charge is -2.33. The molecule has 3 fully saturated rings. The fraction of sp³-hybridized carbons (Fsp3) is 0.474. The number of hydrogen-bond donors (Lipinski definition) is 1. The molecule has 7 nitrogen and oxygen atoms in total. The van der Waals surface area contributed by atoms with Gasteiger partial charge in [0.2, 0.25) is 17.7 Å². The number of alkyl halides is 3. The lowest BCUT2D eigenvalue weighted by atomic mass is 9.63. The van der Waals surface area contributed by atoms with Crippen LogP contribution in [-0.2, 0) is 25.3 Å². The van der Waals surface area contributed by atoms with Gasteiger partial charge in [-0.15, -0.1) is 0 Å². The third-order valence-corrected chi connectivity index (χ3v) is 6.37. The van der Waals surface area contributed by atoms with Gasteiger partial charge in [0.1, 0.15) is 0 Å². The van der Waals surface area contributed by atoms with E-state index < -0.39 is 64.0 Å². The molecule has 3 aliphatic heterocycles. The minimum Gasteiger partial charge on any atom is -0.369 e. The highest BCUT2D eigenvalue weighted by molar-refractivity contribution is 6.23. The lowest BCUT2D eigenvalue weighted by Crippen LogP contribution is -2.50. The first-order valence-corrected chi connectivity index (χ1v) is 8.84. The molecule has 2 N–H and O–H groups in total. The number of carbonyl (C=O) groups is 3. The van der Waals surface area contributed by atoms with Crippen molar-refractivity contribution in [3.8, 4) is 6.07 Å². The normalized spacial score (nSPS) is 35.7. The summed E-state index contributed by atoms with van der Waals surface area (Å²) in [6, 6.07) is 4.13. The smallest absolute Gasteiger partial charge is 0.369 e. The van der Waals surface area contributed by atoms with Gasteiger partial charge in [-0.3, -0.25) is 14.4 Å². The summed E-state index contributed by atoms with van der Waals surface area (Å²) in [7, 11) is 0. The third-order valence-electron chi connectivity index (χ3n) is 6.37. The molecule has 3 aliphatic rings. The molecular formula is C19H16F3N3O4. The van der Waals surface area contributed by atoms with Crippen LogP contribution in [0.5, 0.6) is 0 Å². The largest absolute Gasteiger partial charge is 0.417 e. The van der Waals surface area contributed by atoms with Gasteiger partial charge >= 0.3 is 6.18 Å². The van der Waals surface area contributed by atoms with Gasteiger partial charge in [0, 0.05) is 0 Å². The molecule has 2 unspecified atom stereocenters. The number of nitriles is 1. The van der Waals surface area contributed by atoms with Crippen LogP contribution in [0.25, 0.3) is 0 Å². The molecule has 3 amide bonds. The molecule has 2 bridgehead atoms. The van der Waals surface area contributed by atoms with Crippen molar-refractivity contribution in [1.29, 1.82) is 5.26 Å². The van der Waals surface area contributed by atoms with Crippen molar-refractivity contribution < 1.29 is 32.3 Å². The van der Waals surface area contributed by atoms with Crippen LogP contribution in [0.2, 0.25) is 0 Å². The quantitative estimate of drug-likeness (QED) is 0.750. The number of rotatable bonds is 2. The highest BCUT2D eigenvalue weighted by Gasteiger charge is 2.76. The maximum Gasteiger partial charge on any atom is 0.417 e. The average Bonchev–Trinajstić information content (AvgIpc) is 3.15. The second-order valence-corrected chi connectivity index (χ2v) is 8.06. The topological polar surface area (TPSA) is 113 Å². The molecule has 3 saturated heterocycles. The van der Waals surface area contributed by atoms with Gasteiger partial charge in [-0.1, -0.05) is 0 Å². The summed E-state index contributed by atoms with van der Waals surface area (Å²) in [5, 5.41) is 8.94. The third kappa shape index (κ3) is 2.37. The van der Waals surface area contributed by atoms with Gasteiger partial charge < -0.3 is 10.5 Å². The van der Waals surface area contributed by atoms with E-state index in [-0.39, 0.29) is 12.1 Å². The number of fused-ring (bicyclic) bond motifs is 5. The number of ether oxygens (including phenoxy) is 1. The predicted molar refractivity (Wildman–Crippen MR) is 90.8 cm³/mol. The Balaban J connectivity index is 1.81. The standard InChI is InChI=1S/C19H16F3N3O4/c1-17-6-11(14(24)26)18(2,29-17)13-12(17)15(27)25(16(13)28)9-4-3-8(7-23)10(5-9)19(20,21)22/h3-5,11-13H,6H2,1-2H3,(H2,24,26)/t11-,12+,13-,17?,18?/m1/s1. The number of halogens is 3. The Hall–Kier alpha value is -2.93. The minimum atomic E-state index is -4.83. The second kappa shape index (κ2) is 5.57. The molecule has 1 aromatic rings. The zero-order valence-electron chi connectivity index (χ0n) is 15.4. The molecule has 152 valence electrons. The van der Waals surface area contributed by atoms with E-state index in [0.717, 1.165) is 12.1 Å². The molecule has 5 atom stereocenters. The summed E-state index contributed by atoms with van der Waals surface area (Å²) in [5.74, 6) is -4.85. The number of benzene rings is 1. The minimum absolute atomic E-state index is 0.147. The maximum absolute atomic E-state index is 13.3. The van der Waals surface area contributed by atoms with Crippen molar-refractivity contribution in [2.75, 3.05) is 4.90 Å². The highest BCUT2D eigenvalue weighted by Crippen LogP contribution is 2.63. The molecule has 4 rings (SSSR count). The Morgan fingerprint density at radius 2 is 1.90 bits per heavy atom. The van der Waals surface area contributed by atoms with E-state index in [4.69, 9.17) is 15.7 Å². The number of carbonyl (C=O) groups excluding carboxylic acids is 3. The van der Waals surface area contributed by atoms with Crippen molar-refractivity contribution in [2.24, 2.45) is 23.5 Å². The number of hydrogen-bond acceptors (Lipinski definition) is 5. The second-order valence-electron chi connectivity index (χ2n) is 8.06. The Bertz CT molecular complexity index is 1020. The molecule has 0 aromatic heterocycles. The van der Waals surface area contributed by atoms with E-state index in [1.807, 2.05) is 0 Å². The number of nitrogens with two attached hydrogens (primary N) is 1. The van der Waals surface area contributed by atoms with Gasteiger partial charge in [-0.2, -0.15) is 18.4 Å². The SMILES string of the molecule is CC12C[C@H](C(N)=O)C(C)(O1)[C@H]1C(=O)N(c3ccc(C#N)c(C(F)(F)F)c3)C(=O)[C@H]12. The van der Waals surface area contributed by atoms with Crippen molar-refractivity contribution in [3.05, 3.63) is 29.3 Å². The summed E-state index contributed by atoms with van der Waals surface area (Å²) in [6.07, 6.45) is -4.69. The van der Waals surface area contributed by atoms with Crippen LogP contribution < -0.4 is 10.6 Å². The Kier molecular flexibility index (Phi) is 3.72. The van der Waals surface area contributed by atoms with Crippen LogP contribution in [-0.4, -0.2) is 28.9 Å². The molecule has 10 heteroatoms. The molecule has 0 radical (unpaired) electrons. The number of primary amides is 1.